The predicted octanol–water partition coefficient (Wildman–Crippen LogP) is 2.02. The summed E-state index contributed by atoms with van der Waals surface area (Å²) in [6, 6.07) is 7.23. The Balaban J connectivity index is 1.62. The molecule has 1 aromatic carbocycles. The molecular formula is C19H24N4O3S. The molecule has 144 valence electrons. The molecule has 0 aromatic heterocycles. The van der Waals surface area contributed by atoms with E-state index in [2.05, 4.69) is 21.5 Å². The minimum atomic E-state index is -3.40. The van der Waals surface area contributed by atoms with E-state index in [0.29, 0.717) is 38.8 Å². The lowest BCUT2D eigenvalue weighted by Gasteiger charge is -2.35. The fourth-order valence-electron chi connectivity index (χ4n) is 3.56. The number of benzene rings is 1. The average molecular weight is 388 g/mol. The standard InChI is InChI=1S/C19H24N4O3S/c1-3-4-10-19(21-22-19)11-12-20-18(24)14-17-16-8-6-5-7-15(16)9-13-23(17)27(2,25)26/h1,5-8,17H,4,9-14H2,2H3,(H,20,24). The molecule has 3 rings (SSSR count). The van der Waals surface area contributed by atoms with Crippen LogP contribution in [0.4, 0.5) is 0 Å². The Hall–Kier alpha value is -2.24. The second kappa shape index (κ2) is 7.79. The third-order valence-electron chi connectivity index (χ3n) is 5.07. The molecule has 0 spiro atoms. The highest BCUT2D eigenvalue weighted by molar-refractivity contribution is 7.88. The van der Waals surface area contributed by atoms with Crippen LogP contribution in [-0.4, -0.2) is 43.6 Å². The Kier molecular flexibility index (Phi) is 5.63. The van der Waals surface area contributed by atoms with Gasteiger partial charge in [-0.3, -0.25) is 4.79 Å². The van der Waals surface area contributed by atoms with E-state index in [4.69, 9.17) is 6.42 Å². The molecule has 1 amide bonds. The predicted molar refractivity (Wildman–Crippen MR) is 102 cm³/mol. The van der Waals surface area contributed by atoms with Crippen molar-refractivity contribution in [3.8, 4) is 12.3 Å². The topological polar surface area (TPSA) is 91.2 Å². The number of nitrogens with zero attached hydrogens (tertiary/aromatic N) is 3. The first-order valence-electron chi connectivity index (χ1n) is 9.03. The van der Waals surface area contributed by atoms with Crippen molar-refractivity contribution in [2.45, 2.75) is 43.8 Å². The molecule has 0 aliphatic carbocycles. The number of sulfonamides is 1. The van der Waals surface area contributed by atoms with Crippen molar-refractivity contribution in [3.05, 3.63) is 35.4 Å². The van der Waals surface area contributed by atoms with Gasteiger partial charge in [0, 0.05) is 38.8 Å². The number of hydrogen-bond acceptors (Lipinski definition) is 5. The molecule has 0 saturated heterocycles. The quantitative estimate of drug-likeness (QED) is 0.691. The zero-order chi connectivity index (χ0) is 19.5. The lowest BCUT2D eigenvalue weighted by molar-refractivity contribution is -0.122. The molecule has 1 N–H and O–H groups in total. The van der Waals surface area contributed by atoms with Gasteiger partial charge in [-0.1, -0.05) is 24.3 Å². The van der Waals surface area contributed by atoms with Gasteiger partial charge in [-0.2, -0.15) is 14.5 Å². The van der Waals surface area contributed by atoms with E-state index < -0.39 is 21.7 Å². The SMILES string of the molecule is C#CCCC1(CCNC(=O)CC2c3ccccc3CCN2S(C)(=O)=O)N=N1. The molecule has 0 radical (unpaired) electrons. The van der Waals surface area contributed by atoms with Crippen LogP contribution in [0.2, 0.25) is 0 Å². The first kappa shape index (κ1) is 19.5. The molecule has 2 heterocycles. The summed E-state index contributed by atoms with van der Waals surface area (Å²) in [4.78, 5) is 12.5. The Morgan fingerprint density at radius 3 is 2.78 bits per heavy atom. The monoisotopic (exact) mass is 388 g/mol. The molecule has 1 unspecified atom stereocenters. The second-order valence-electron chi connectivity index (χ2n) is 7.03. The molecule has 1 atom stereocenters. The summed E-state index contributed by atoms with van der Waals surface area (Å²) in [5.41, 5.74) is 1.57. The number of fused-ring (bicyclic) bond motifs is 1. The maximum atomic E-state index is 12.5. The van der Waals surface area contributed by atoms with Gasteiger partial charge in [-0.25, -0.2) is 8.42 Å². The van der Waals surface area contributed by atoms with Crippen molar-refractivity contribution in [1.82, 2.24) is 9.62 Å². The Bertz CT molecular complexity index is 882. The average Bonchev–Trinajstić information content (AvgIpc) is 3.39. The summed E-state index contributed by atoms with van der Waals surface area (Å²) in [5.74, 6) is 2.39. The maximum absolute atomic E-state index is 12.5. The van der Waals surface area contributed by atoms with E-state index >= 15 is 0 Å². The van der Waals surface area contributed by atoms with Gasteiger partial charge in [0.15, 0.2) is 5.66 Å². The summed E-state index contributed by atoms with van der Waals surface area (Å²) in [6.07, 6.45) is 9.11. The zero-order valence-corrected chi connectivity index (χ0v) is 16.2. The van der Waals surface area contributed by atoms with Gasteiger partial charge in [-0.15, -0.1) is 12.3 Å². The zero-order valence-electron chi connectivity index (χ0n) is 15.4. The molecule has 0 fully saturated rings. The summed E-state index contributed by atoms with van der Waals surface area (Å²) < 4.78 is 25.8. The van der Waals surface area contributed by atoms with Gasteiger partial charge >= 0.3 is 0 Å². The smallest absolute Gasteiger partial charge is 0.221 e. The minimum absolute atomic E-state index is 0.0930. The lowest BCUT2D eigenvalue weighted by atomic mass is 9.92. The molecule has 1 aromatic rings. The normalized spacial score (nSPS) is 20.5. The molecule has 2 aliphatic heterocycles. The van der Waals surface area contributed by atoms with Gasteiger partial charge in [-0.05, 0) is 17.5 Å². The van der Waals surface area contributed by atoms with Crippen molar-refractivity contribution in [3.63, 3.8) is 0 Å². The summed E-state index contributed by atoms with van der Waals surface area (Å²) >= 11 is 0. The minimum Gasteiger partial charge on any atom is -0.356 e. The first-order chi connectivity index (χ1) is 12.8. The summed E-state index contributed by atoms with van der Waals surface area (Å²) in [7, 11) is -3.40. The fraction of sp³-hybridized carbons (Fsp3) is 0.526. The van der Waals surface area contributed by atoms with Gasteiger partial charge in [0.2, 0.25) is 15.9 Å². The maximum Gasteiger partial charge on any atom is 0.221 e. The highest BCUT2D eigenvalue weighted by Crippen LogP contribution is 2.36. The number of nitrogens with one attached hydrogen (secondary N) is 1. The number of rotatable bonds is 8. The van der Waals surface area contributed by atoms with Crippen molar-refractivity contribution < 1.29 is 13.2 Å². The lowest BCUT2D eigenvalue weighted by Crippen LogP contribution is -2.42. The van der Waals surface area contributed by atoms with Crippen molar-refractivity contribution in [1.29, 1.82) is 0 Å². The number of carbonyl (C=O) groups is 1. The second-order valence-corrected chi connectivity index (χ2v) is 8.96. The third-order valence-corrected chi connectivity index (χ3v) is 6.36. The van der Waals surface area contributed by atoms with Crippen molar-refractivity contribution in [2.24, 2.45) is 10.2 Å². The molecule has 0 bridgehead atoms. The molecular weight excluding hydrogens is 364 g/mol. The van der Waals surface area contributed by atoms with Gasteiger partial charge in [0.05, 0.1) is 12.3 Å². The van der Waals surface area contributed by atoms with Crippen molar-refractivity contribution >= 4 is 15.9 Å². The molecule has 8 heteroatoms. The van der Waals surface area contributed by atoms with Crippen LogP contribution in [0.3, 0.4) is 0 Å². The van der Waals surface area contributed by atoms with E-state index in [-0.39, 0.29) is 12.3 Å². The van der Waals surface area contributed by atoms with Crippen LogP contribution in [0.5, 0.6) is 0 Å². The molecule has 27 heavy (non-hydrogen) atoms. The largest absolute Gasteiger partial charge is 0.356 e. The van der Waals surface area contributed by atoms with Crippen LogP contribution in [0, 0.1) is 12.3 Å². The van der Waals surface area contributed by atoms with Crippen LogP contribution in [0.1, 0.15) is 42.9 Å². The summed E-state index contributed by atoms with van der Waals surface area (Å²) in [6.45, 7) is 0.824. The highest BCUT2D eigenvalue weighted by atomic mass is 32.2. The van der Waals surface area contributed by atoms with E-state index in [1.165, 1.54) is 10.6 Å². The van der Waals surface area contributed by atoms with Crippen molar-refractivity contribution in [2.75, 3.05) is 19.3 Å². The van der Waals surface area contributed by atoms with Gasteiger partial charge < -0.3 is 5.32 Å². The van der Waals surface area contributed by atoms with E-state index in [1.807, 2.05) is 24.3 Å². The van der Waals surface area contributed by atoms with Crippen LogP contribution in [0.25, 0.3) is 0 Å². The van der Waals surface area contributed by atoms with Crippen LogP contribution in [-0.2, 0) is 21.2 Å². The first-order valence-corrected chi connectivity index (χ1v) is 10.9. The molecule has 0 saturated carbocycles. The van der Waals surface area contributed by atoms with Crippen LogP contribution < -0.4 is 5.32 Å². The third kappa shape index (κ3) is 4.73. The van der Waals surface area contributed by atoms with Gasteiger partial charge in [0.25, 0.3) is 0 Å². The van der Waals surface area contributed by atoms with E-state index in [1.54, 1.807) is 0 Å². The number of carbonyl (C=O) groups excluding carboxylic acids is 1. The van der Waals surface area contributed by atoms with E-state index in [9.17, 15) is 13.2 Å². The van der Waals surface area contributed by atoms with Crippen LogP contribution >= 0.6 is 0 Å². The Labute approximate surface area is 160 Å². The fourth-order valence-corrected chi connectivity index (χ4v) is 4.63. The number of hydrogen-bond donors (Lipinski definition) is 1. The summed E-state index contributed by atoms with van der Waals surface area (Å²) in [5, 5.41) is 11.0. The van der Waals surface area contributed by atoms with Gasteiger partial charge in [0.1, 0.15) is 0 Å². The number of terminal acetylenes is 1. The molecule has 7 nitrogen and oxygen atoms in total. The van der Waals surface area contributed by atoms with E-state index in [0.717, 1.165) is 11.1 Å². The highest BCUT2D eigenvalue weighted by Gasteiger charge is 2.39. The molecule has 2 aliphatic rings. The number of amides is 1. The Morgan fingerprint density at radius 2 is 2.11 bits per heavy atom. The van der Waals surface area contributed by atoms with Crippen LogP contribution in [0.15, 0.2) is 34.5 Å². The Morgan fingerprint density at radius 1 is 1.37 bits per heavy atom.